The molecule has 0 bridgehead atoms. The van der Waals surface area contributed by atoms with Crippen molar-refractivity contribution < 1.29 is 23.9 Å². The number of rotatable bonds is 6. The maximum absolute atomic E-state index is 13.2. The van der Waals surface area contributed by atoms with Crippen molar-refractivity contribution in [2.24, 2.45) is 5.92 Å². The van der Waals surface area contributed by atoms with Gasteiger partial charge in [-0.1, -0.05) is 0 Å². The third kappa shape index (κ3) is 4.16. The monoisotopic (exact) mass is 461 g/mol. The zero-order valence-corrected chi connectivity index (χ0v) is 19.1. The fraction of sp³-hybridized carbons (Fsp3) is 0.385. The van der Waals surface area contributed by atoms with E-state index in [1.807, 2.05) is 6.92 Å². The van der Waals surface area contributed by atoms with Crippen LogP contribution in [-0.4, -0.2) is 54.3 Å². The van der Waals surface area contributed by atoms with Crippen LogP contribution in [0.2, 0.25) is 0 Å². The van der Waals surface area contributed by atoms with Crippen LogP contribution in [0.3, 0.4) is 0 Å². The minimum absolute atomic E-state index is 0.0146. The van der Waals surface area contributed by atoms with Crippen molar-refractivity contribution in [3.05, 3.63) is 59.2 Å². The quantitative estimate of drug-likeness (QED) is 0.667. The number of hydrogen-bond donors (Lipinski definition) is 1. The van der Waals surface area contributed by atoms with Crippen LogP contribution in [0.4, 0.5) is 5.69 Å². The number of amides is 4. The van der Waals surface area contributed by atoms with Gasteiger partial charge in [0.25, 0.3) is 17.7 Å². The highest BCUT2D eigenvalue weighted by Crippen LogP contribution is 2.31. The van der Waals surface area contributed by atoms with Gasteiger partial charge in [-0.3, -0.25) is 19.2 Å². The first-order valence-corrected chi connectivity index (χ1v) is 11.8. The molecule has 0 spiro atoms. The lowest BCUT2D eigenvalue weighted by Crippen LogP contribution is -2.45. The minimum atomic E-state index is -0.459. The second-order valence-corrected chi connectivity index (χ2v) is 9.01. The summed E-state index contributed by atoms with van der Waals surface area (Å²) in [7, 11) is 0. The number of anilines is 1. The fourth-order valence-electron chi connectivity index (χ4n) is 4.57. The third-order valence-electron chi connectivity index (χ3n) is 6.54. The maximum Gasteiger partial charge on any atom is 0.266 e. The van der Waals surface area contributed by atoms with Crippen molar-refractivity contribution in [1.29, 1.82) is 0 Å². The highest BCUT2D eigenvalue weighted by Gasteiger charge is 2.38. The number of carbonyl (C=O) groups excluding carboxylic acids is 4. The molecule has 0 radical (unpaired) electrons. The van der Waals surface area contributed by atoms with E-state index in [-0.39, 0.29) is 34.9 Å². The molecule has 1 N–H and O–H groups in total. The topological polar surface area (TPSA) is 96.0 Å². The predicted octanol–water partition coefficient (Wildman–Crippen LogP) is 3.02. The van der Waals surface area contributed by atoms with E-state index in [1.54, 1.807) is 41.3 Å². The van der Waals surface area contributed by atoms with Gasteiger partial charge < -0.3 is 15.0 Å². The van der Waals surface area contributed by atoms with Crippen molar-refractivity contribution in [2.75, 3.05) is 24.6 Å². The van der Waals surface area contributed by atoms with E-state index in [2.05, 4.69) is 5.32 Å². The number of nitrogens with zero attached hydrogens (tertiary/aromatic N) is 2. The Morgan fingerprint density at radius 3 is 2.44 bits per heavy atom. The molecule has 34 heavy (non-hydrogen) atoms. The van der Waals surface area contributed by atoms with Gasteiger partial charge in [0, 0.05) is 24.7 Å². The number of piperidine rings is 1. The molecule has 4 amide bonds. The summed E-state index contributed by atoms with van der Waals surface area (Å²) in [5, 5.41) is 3.03. The summed E-state index contributed by atoms with van der Waals surface area (Å²) in [6, 6.07) is 11.7. The SMILES string of the molecule is CCOc1ccc(N2C(=O)c3ccc(C(=O)N4CCCC(C(=O)NC5CC5)C4)cc3C2=O)cc1. The summed E-state index contributed by atoms with van der Waals surface area (Å²) in [4.78, 5) is 54.5. The molecule has 1 saturated carbocycles. The Balaban J connectivity index is 1.32. The molecule has 2 heterocycles. The first-order chi connectivity index (χ1) is 16.5. The molecular weight excluding hydrogens is 434 g/mol. The summed E-state index contributed by atoms with van der Waals surface area (Å²) in [5.41, 5.74) is 1.28. The number of nitrogens with one attached hydrogen (secondary N) is 1. The molecule has 5 rings (SSSR count). The fourth-order valence-corrected chi connectivity index (χ4v) is 4.57. The Hall–Kier alpha value is -3.68. The number of likely N-dealkylation sites (tertiary alicyclic amines) is 1. The molecule has 8 nitrogen and oxygen atoms in total. The average molecular weight is 462 g/mol. The summed E-state index contributed by atoms with van der Waals surface area (Å²) in [6.45, 7) is 3.32. The van der Waals surface area contributed by atoms with Crippen LogP contribution in [0, 0.1) is 5.92 Å². The molecule has 1 aliphatic carbocycles. The van der Waals surface area contributed by atoms with Gasteiger partial charge in [-0.15, -0.1) is 0 Å². The predicted molar refractivity (Wildman–Crippen MR) is 125 cm³/mol. The molecule has 1 unspecified atom stereocenters. The average Bonchev–Trinajstić information content (AvgIpc) is 3.64. The number of hydrogen-bond acceptors (Lipinski definition) is 5. The number of fused-ring (bicyclic) bond motifs is 1. The van der Waals surface area contributed by atoms with E-state index >= 15 is 0 Å². The van der Waals surface area contributed by atoms with Crippen molar-refractivity contribution in [1.82, 2.24) is 10.2 Å². The van der Waals surface area contributed by atoms with Crippen LogP contribution >= 0.6 is 0 Å². The lowest BCUT2D eigenvalue weighted by molar-refractivity contribution is -0.126. The zero-order valence-electron chi connectivity index (χ0n) is 19.1. The number of imide groups is 1. The number of ether oxygens (including phenoxy) is 1. The Morgan fingerprint density at radius 2 is 1.74 bits per heavy atom. The van der Waals surface area contributed by atoms with Crippen LogP contribution in [0.5, 0.6) is 5.75 Å². The van der Waals surface area contributed by atoms with Gasteiger partial charge in [-0.05, 0) is 75.1 Å². The summed E-state index contributed by atoms with van der Waals surface area (Å²) in [6.07, 6.45) is 3.56. The van der Waals surface area contributed by atoms with E-state index < -0.39 is 11.8 Å². The number of benzene rings is 2. The second kappa shape index (κ2) is 8.93. The molecule has 2 aliphatic heterocycles. The zero-order chi connectivity index (χ0) is 23.8. The smallest absolute Gasteiger partial charge is 0.266 e. The molecular formula is C26H27N3O5. The molecule has 1 atom stereocenters. The Kier molecular flexibility index (Phi) is 5.81. The standard InChI is InChI=1S/C26H27N3O5/c1-2-34-20-10-8-19(9-11-20)29-25(32)21-12-5-16(14-22(21)26(29)33)24(31)28-13-3-4-17(15-28)23(30)27-18-6-7-18/h5,8-12,14,17-18H,2-4,6-7,13,15H2,1H3,(H,27,30). The van der Waals surface area contributed by atoms with Gasteiger partial charge in [-0.25, -0.2) is 4.90 Å². The van der Waals surface area contributed by atoms with Gasteiger partial charge in [0.2, 0.25) is 5.91 Å². The summed E-state index contributed by atoms with van der Waals surface area (Å²) in [5.74, 6) is -0.656. The highest BCUT2D eigenvalue weighted by molar-refractivity contribution is 6.34. The first kappa shape index (κ1) is 22.1. The van der Waals surface area contributed by atoms with Crippen LogP contribution in [-0.2, 0) is 4.79 Å². The lowest BCUT2D eigenvalue weighted by Gasteiger charge is -2.32. The molecule has 3 aliphatic rings. The Bertz CT molecular complexity index is 1160. The summed E-state index contributed by atoms with van der Waals surface area (Å²) < 4.78 is 5.43. The van der Waals surface area contributed by atoms with Crippen LogP contribution < -0.4 is 15.0 Å². The van der Waals surface area contributed by atoms with Crippen molar-refractivity contribution >= 4 is 29.3 Å². The van der Waals surface area contributed by atoms with Crippen molar-refractivity contribution in [3.8, 4) is 5.75 Å². The lowest BCUT2D eigenvalue weighted by atomic mass is 9.96. The van der Waals surface area contributed by atoms with E-state index in [0.29, 0.717) is 36.7 Å². The van der Waals surface area contributed by atoms with E-state index in [9.17, 15) is 19.2 Å². The maximum atomic E-state index is 13.2. The van der Waals surface area contributed by atoms with Gasteiger partial charge in [-0.2, -0.15) is 0 Å². The molecule has 8 heteroatoms. The second-order valence-electron chi connectivity index (χ2n) is 9.01. The van der Waals surface area contributed by atoms with E-state index in [4.69, 9.17) is 4.74 Å². The van der Waals surface area contributed by atoms with Gasteiger partial charge >= 0.3 is 0 Å². The number of carbonyl (C=O) groups is 4. The summed E-state index contributed by atoms with van der Waals surface area (Å²) >= 11 is 0. The van der Waals surface area contributed by atoms with Crippen molar-refractivity contribution in [2.45, 2.75) is 38.6 Å². The van der Waals surface area contributed by atoms with Gasteiger partial charge in [0.1, 0.15) is 5.75 Å². The Labute approximate surface area is 197 Å². The molecule has 176 valence electrons. The molecule has 2 fully saturated rings. The van der Waals surface area contributed by atoms with E-state index in [0.717, 1.165) is 30.6 Å². The molecule has 1 saturated heterocycles. The third-order valence-corrected chi connectivity index (χ3v) is 6.54. The molecule has 0 aromatic heterocycles. The van der Waals surface area contributed by atoms with Crippen LogP contribution in [0.1, 0.15) is 63.7 Å². The van der Waals surface area contributed by atoms with Crippen LogP contribution in [0.15, 0.2) is 42.5 Å². The van der Waals surface area contributed by atoms with E-state index in [1.165, 1.54) is 6.07 Å². The molecule has 2 aromatic rings. The normalized spacial score (nSPS) is 19.7. The van der Waals surface area contributed by atoms with Crippen molar-refractivity contribution in [3.63, 3.8) is 0 Å². The Morgan fingerprint density at radius 1 is 1.00 bits per heavy atom. The largest absolute Gasteiger partial charge is 0.494 e. The van der Waals surface area contributed by atoms with Gasteiger partial charge in [0.15, 0.2) is 0 Å². The first-order valence-electron chi connectivity index (χ1n) is 11.8. The molecule has 2 aromatic carbocycles. The highest BCUT2D eigenvalue weighted by atomic mass is 16.5. The minimum Gasteiger partial charge on any atom is -0.494 e. The van der Waals surface area contributed by atoms with Crippen LogP contribution in [0.25, 0.3) is 0 Å². The van der Waals surface area contributed by atoms with Gasteiger partial charge in [0.05, 0.1) is 29.3 Å².